The van der Waals surface area contributed by atoms with Crippen LogP contribution in [-0.4, -0.2) is 22.1 Å². The van der Waals surface area contributed by atoms with Gasteiger partial charge in [-0.15, -0.1) is 0 Å². The lowest BCUT2D eigenvalue weighted by molar-refractivity contribution is -0.131. The van der Waals surface area contributed by atoms with Gasteiger partial charge in [0.1, 0.15) is 5.75 Å². The molecule has 146 valence electrons. The fraction of sp³-hybridized carbons (Fsp3) is 0.217. The Morgan fingerprint density at radius 3 is 2.57 bits per heavy atom. The molecule has 0 heterocycles. The molecule has 0 unspecified atom stereocenters. The highest BCUT2D eigenvalue weighted by molar-refractivity contribution is 5.92. The van der Waals surface area contributed by atoms with Gasteiger partial charge in [0.05, 0.1) is 0 Å². The molecule has 0 aliphatic heterocycles. The summed E-state index contributed by atoms with van der Waals surface area (Å²) in [7, 11) is 0. The van der Waals surface area contributed by atoms with Crippen LogP contribution in [0.4, 0.5) is 5.69 Å². The van der Waals surface area contributed by atoms with Crippen LogP contribution in [0.5, 0.6) is 5.75 Å². The van der Waals surface area contributed by atoms with Crippen LogP contribution in [-0.2, 0) is 22.4 Å². The van der Waals surface area contributed by atoms with Gasteiger partial charge < -0.3 is 15.5 Å². The average molecular weight is 379 g/mol. The Morgan fingerprint density at radius 1 is 1.11 bits per heavy atom. The summed E-state index contributed by atoms with van der Waals surface area (Å²) in [6.07, 6.45) is 6.11. The Hall–Kier alpha value is -3.34. The fourth-order valence-corrected chi connectivity index (χ4v) is 2.66. The maximum absolute atomic E-state index is 12.4. The number of aromatic hydroxyl groups is 1. The minimum Gasteiger partial charge on any atom is -0.508 e. The first-order chi connectivity index (χ1) is 13.3. The number of anilines is 1. The summed E-state index contributed by atoms with van der Waals surface area (Å²) in [5.41, 5.74) is 4.39. The minimum absolute atomic E-state index is 0.138. The van der Waals surface area contributed by atoms with Gasteiger partial charge in [-0.3, -0.25) is 4.79 Å². The number of carboxylic acids is 1. The van der Waals surface area contributed by atoms with Crippen LogP contribution in [0.1, 0.15) is 37.0 Å². The van der Waals surface area contributed by atoms with Crippen molar-refractivity contribution in [3.63, 3.8) is 0 Å². The Bertz CT molecular complexity index is 909. The van der Waals surface area contributed by atoms with E-state index in [1.54, 1.807) is 24.3 Å². The number of phenols is 1. The number of allylic oxidation sites excluding steroid dienone is 2. The second-order valence-corrected chi connectivity index (χ2v) is 6.79. The van der Waals surface area contributed by atoms with Gasteiger partial charge in [0, 0.05) is 18.2 Å². The number of aryl methyl sites for hydroxylation is 1. The van der Waals surface area contributed by atoms with Crippen molar-refractivity contribution in [2.45, 2.75) is 33.1 Å². The van der Waals surface area contributed by atoms with Gasteiger partial charge in [0.25, 0.3) is 0 Å². The highest BCUT2D eigenvalue weighted by Crippen LogP contribution is 2.21. The summed E-state index contributed by atoms with van der Waals surface area (Å²) in [5, 5.41) is 21.3. The first-order valence-electron chi connectivity index (χ1n) is 9.08. The number of aliphatic carboxylic acids is 1. The average Bonchev–Trinajstić information content (AvgIpc) is 2.64. The van der Waals surface area contributed by atoms with Gasteiger partial charge in [0.2, 0.25) is 5.91 Å². The molecule has 5 heteroatoms. The highest BCUT2D eigenvalue weighted by Gasteiger charge is 2.08. The van der Waals surface area contributed by atoms with E-state index in [9.17, 15) is 14.7 Å². The first-order valence-corrected chi connectivity index (χ1v) is 9.08. The van der Waals surface area contributed by atoms with E-state index in [0.29, 0.717) is 24.1 Å². The summed E-state index contributed by atoms with van der Waals surface area (Å²) >= 11 is 0. The zero-order valence-corrected chi connectivity index (χ0v) is 16.1. The van der Waals surface area contributed by atoms with Crippen LogP contribution in [0.3, 0.4) is 0 Å². The number of carbonyl (C=O) groups excluding carboxylic acids is 1. The van der Waals surface area contributed by atoms with E-state index >= 15 is 0 Å². The Labute approximate surface area is 165 Å². The van der Waals surface area contributed by atoms with Gasteiger partial charge in [-0.05, 0) is 67.7 Å². The third-order valence-corrected chi connectivity index (χ3v) is 4.11. The maximum atomic E-state index is 12.4. The van der Waals surface area contributed by atoms with Crippen LogP contribution < -0.4 is 5.32 Å². The number of phenolic OH excluding ortho intramolecular Hbond substituents is 1. The highest BCUT2D eigenvalue weighted by atomic mass is 16.4. The van der Waals surface area contributed by atoms with Crippen molar-refractivity contribution >= 4 is 23.6 Å². The number of nitrogens with one attached hydrogen (secondary N) is 1. The maximum Gasteiger partial charge on any atom is 0.328 e. The van der Waals surface area contributed by atoms with E-state index < -0.39 is 5.97 Å². The van der Waals surface area contributed by atoms with Crippen LogP contribution in [0, 0.1) is 0 Å². The fourth-order valence-electron chi connectivity index (χ4n) is 2.66. The van der Waals surface area contributed by atoms with Gasteiger partial charge in [0.15, 0.2) is 0 Å². The second kappa shape index (κ2) is 10.1. The largest absolute Gasteiger partial charge is 0.508 e. The molecule has 0 aliphatic rings. The summed E-state index contributed by atoms with van der Waals surface area (Å²) in [4.78, 5) is 23.2. The number of amides is 1. The predicted molar refractivity (Wildman–Crippen MR) is 111 cm³/mol. The minimum atomic E-state index is -1.02. The van der Waals surface area contributed by atoms with Crippen LogP contribution in [0.2, 0.25) is 0 Å². The first kappa shape index (κ1) is 21.0. The van der Waals surface area contributed by atoms with Crippen molar-refractivity contribution in [2.75, 3.05) is 5.32 Å². The zero-order valence-electron chi connectivity index (χ0n) is 16.1. The Balaban J connectivity index is 2.14. The smallest absolute Gasteiger partial charge is 0.328 e. The van der Waals surface area contributed by atoms with Crippen molar-refractivity contribution in [1.29, 1.82) is 0 Å². The number of hydrogen-bond acceptors (Lipinski definition) is 3. The van der Waals surface area contributed by atoms with Crippen molar-refractivity contribution in [2.24, 2.45) is 0 Å². The van der Waals surface area contributed by atoms with Crippen molar-refractivity contribution < 1.29 is 19.8 Å². The van der Waals surface area contributed by atoms with Crippen LogP contribution in [0.15, 0.2) is 60.2 Å². The molecule has 0 spiro atoms. The van der Waals surface area contributed by atoms with Gasteiger partial charge >= 0.3 is 5.97 Å². The van der Waals surface area contributed by atoms with E-state index in [1.807, 2.05) is 32.0 Å². The molecule has 1 amide bonds. The lowest BCUT2D eigenvalue weighted by atomic mass is 10.0. The third-order valence-electron chi connectivity index (χ3n) is 4.11. The topological polar surface area (TPSA) is 86.6 Å². The number of carbonyl (C=O) groups is 2. The van der Waals surface area contributed by atoms with E-state index in [-0.39, 0.29) is 18.1 Å². The van der Waals surface area contributed by atoms with Gasteiger partial charge in [-0.2, -0.15) is 0 Å². The van der Waals surface area contributed by atoms with Crippen molar-refractivity contribution in [3.8, 4) is 5.75 Å². The van der Waals surface area contributed by atoms with E-state index in [1.165, 1.54) is 11.6 Å². The second-order valence-electron chi connectivity index (χ2n) is 6.79. The third kappa shape index (κ3) is 7.11. The number of benzene rings is 2. The zero-order chi connectivity index (χ0) is 20.5. The number of hydrogen-bond donors (Lipinski definition) is 3. The molecule has 0 radical (unpaired) electrons. The molecule has 2 rings (SSSR count). The molecular formula is C23H25NO4. The molecule has 0 saturated carbocycles. The Kier molecular flexibility index (Phi) is 7.57. The van der Waals surface area contributed by atoms with Gasteiger partial charge in [-0.1, -0.05) is 35.9 Å². The van der Waals surface area contributed by atoms with Crippen LogP contribution >= 0.6 is 0 Å². The molecule has 5 nitrogen and oxygen atoms in total. The molecular weight excluding hydrogens is 354 g/mol. The summed E-state index contributed by atoms with van der Waals surface area (Å²) in [6, 6.07) is 12.4. The molecule has 0 fully saturated rings. The molecule has 3 N–H and O–H groups in total. The molecule has 2 aromatic rings. The Morgan fingerprint density at radius 2 is 1.89 bits per heavy atom. The normalized spacial score (nSPS) is 10.6. The molecule has 2 aromatic carbocycles. The summed E-state index contributed by atoms with van der Waals surface area (Å²) in [5.74, 6) is -0.980. The summed E-state index contributed by atoms with van der Waals surface area (Å²) < 4.78 is 0. The van der Waals surface area contributed by atoms with E-state index in [4.69, 9.17) is 5.11 Å². The monoisotopic (exact) mass is 379 g/mol. The molecule has 0 bridgehead atoms. The molecule has 0 aromatic heterocycles. The predicted octanol–water partition coefficient (Wildman–Crippen LogP) is 4.57. The molecule has 0 saturated heterocycles. The van der Waals surface area contributed by atoms with Gasteiger partial charge in [-0.25, -0.2) is 4.79 Å². The molecule has 0 atom stereocenters. The lowest BCUT2D eigenvalue weighted by Crippen LogP contribution is -2.14. The number of rotatable bonds is 8. The SMILES string of the molecule is CC(C)=CCc1ccc(/C=C/C(=O)O)cc1NC(=O)CCc1cccc(O)c1. The summed E-state index contributed by atoms with van der Waals surface area (Å²) in [6.45, 7) is 4.02. The quantitative estimate of drug-likeness (QED) is 0.463. The van der Waals surface area contributed by atoms with Crippen molar-refractivity contribution in [1.82, 2.24) is 0 Å². The molecule has 28 heavy (non-hydrogen) atoms. The number of carboxylic acid groups (broad SMARTS) is 1. The lowest BCUT2D eigenvalue weighted by Gasteiger charge is -2.12. The standard InChI is InChI=1S/C23H25NO4/c1-16(2)6-10-19-11-7-18(9-13-23(27)28)15-21(19)24-22(26)12-8-17-4-3-5-20(25)14-17/h3-7,9,11,13-15,25H,8,10,12H2,1-2H3,(H,24,26)(H,27,28)/b13-9+. The van der Waals surface area contributed by atoms with E-state index in [0.717, 1.165) is 17.2 Å². The van der Waals surface area contributed by atoms with Crippen molar-refractivity contribution in [3.05, 3.63) is 76.9 Å². The van der Waals surface area contributed by atoms with E-state index in [2.05, 4.69) is 11.4 Å². The molecule has 0 aliphatic carbocycles. The van der Waals surface area contributed by atoms with Crippen LogP contribution in [0.25, 0.3) is 6.08 Å².